The number of imidazole rings is 1. The summed E-state index contributed by atoms with van der Waals surface area (Å²) in [6, 6.07) is 6.65. The highest BCUT2D eigenvalue weighted by molar-refractivity contribution is 7.15. The molecule has 4 nitrogen and oxygen atoms in total. The molecule has 1 unspecified atom stereocenters. The van der Waals surface area contributed by atoms with Gasteiger partial charge in [0, 0.05) is 35.4 Å². The van der Waals surface area contributed by atoms with Crippen molar-refractivity contribution in [3.63, 3.8) is 0 Å². The lowest BCUT2D eigenvalue weighted by atomic mass is 10.0. The number of hydrogen-bond donors (Lipinski definition) is 0. The molecule has 1 aromatic carbocycles. The summed E-state index contributed by atoms with van der Waals surface area (Å²) >= 11 is 1.53. The maximum Gasteiger partial charge on any atom is 0.228 e. The van der Waals surface area contributed by atoms with Crippen molar-refractivity contribution in [2.75, 3.05) is 6.54 Å². The number of piperidine rings is 1. The summed E-state index contributed by atoms with van der Waals surface area (Å²) < 4.78 is 15.1. The Bertz CT molecular complexity index is 899. The molecule has 2 aromatic heterocycles. The molecule has 130 valence electrons. The Morgan fingerprint density at radius 1 is 1.32 bits per heavy atom. The molecule has 0 aliphatic carbocycles. The SMILES string of the molecule is CC1CCCCN1C(=O)Cc1csc2nc(-c3ccc(F)cc3)cn12. The van der Waals surface area contributed by atoms with Crippen molar-refractivity contribution in [1.82, 2.24) is 14.3 Å². The predicted octanol–water partition coefficient (Wildman–Crippen LogP) is 4.15. The number of fused-ring (bicyclic) bond motifs is 1. The van der Waals surface area contributed by atoms with Gasteiger partial charge in [0.15, 0.2) is 4.96 Å². The fraction of sp³-hybridized carbons (Fsp3) is 0.368. The first-order chi connectivity index (χ1) is 12.1. The third-order valence-electron chi connectivity index (χ3n) is 4.88. The largest absolute Gasteiger partial charge is 0.340 e. The Hall–Kier alpha value is -2.21. The molecule has 1 aliphatic heterocycles. The van der Waals surface area contributed by atoms with E-state index in [9.17, 15) is 9.18 Å². The van der Waals surface area contributed by atoms with Crippen molar-refractivity contribution in [1.29, 1.82) is 0 Å². The van der Waals surface area contributed by atoms with Crippen LogP contribution < -0.4 is 0 Å². The second-order valence-corrected chi connectivity index (χ2v) is 7.46. The standard InChI is InChI=1S/C19H20FN3OS/c1-13-4-2-3-9-22(13)18(24)10-16-12-25-19-21-17(11-23(16)19)14-5-7-15(20)8-6-14/h5-8,11-13H,2-4,9-10H2,1H3. The van der Waals surface area contributed by atoms with Gasteiger partial charge in [0.1, 0.15) is 5.82 Å². The Balaban J connectivity index is 1.58. The normalized spacial score (nSPS) is 18.0. The number of halogens is 1. The second-order valence-electron chi connectivity index (χ2n) is 6.62. The van der Waals surface area contributed by atoms with Crippen LogP contribution in [0.5, 0.6) is 0 Å². The smallest absolute Gasteiger partial charge is 0.228 e. The van der Waals surface area contributed by atoms with Gasteiger partial charge in [0.05, 0.1) is 12.1 Å². The lowest BCUT2D eigenvalue weighted by Crippen LogP contribution is -2.42. The number of thiazole rings is 1. The van der Waals surface area contributed by atoms with E-state index in [4.69, 9.17) is 0 Å². The van der Waals surface area contributed by atoms with Crippen LogP contribution in [-0.4, -0.2) is 32.8 Å². The Labute approximate surface area is 149 Å². The summed E-state index contributed by atoms with van der Waals surface area (Å²) in [5.41, 5.74) is 2.63. The van der Waals surface area contributed by atoms with Gasteiger partial charge < -0.3 is 4.90 Å². The molecule has 1 amide bonds. The van der Waals surface area contributed by atoms with E-state index in [1.54, 1.807) is 12.1 Å². The van der Waals surface area contributed by atoms with Crippen LogP contribution in [0.4, 0.5) is 4.39 Å². The maximum absolute atomic E-state index is 13.1. The highest BCUT2D eigenvalue weighted by Crippen LogP contribution is 2.25. The number of hydrogen-bond acceptors (Lipinski definition) is 3. The average Bonchev–Trinajstić information content (AvgIpc) is 3.18. The highest BCUT2D eigenvalue weighted by atomic mass is 32.1. The minimum Gasteiger partial charge on any atom is -0.340 e. The second kappa shape index (κ2) is 6.59. The maximum atomic E-state index is 13.1. The van der Waals surface area contributed by atoms with Gasteiger partial charge in [0.25, 0.3) is 0 Å². The average molecular weight is 357 g/mol. The Morgan fingerprint density at radius 3 is 2.88 bits per heavy atom. The highest BCUT2D eigenvalue weighted by Gasteiger charge is 2.24. The lowest BCUT2D eigenvalue weighted by Gasteiger charge is -2.33. The van der Waals surface area contributed by atoms with Crippen molar-refractivity contribution < 1.29 is 9.18 Å². The van der Waals surface area contributed by atoms with Crippen LogP contribution in [-0.2, 0) is 11.2 Å². The van der Waals surface area contributed by atoms with Crippen LogP contribution in [0, 0.1) is 5.82 Å². The zero-order valence-corrected chi connectivity index (χ0v) is 14.9. The summed E-state index contributed by atoms with van der Waals surface area (Å²) in [6.45, 7) is 2.99. The molecule has 0 saturated carbocycles. The minimum absolute atomic E-state index is 0.184. The number of rotatable bonds is 3. The first kappa shape index (κ1) is 16.3. The third kappa shape index (κ3) is 3.18. The molecule has 3 heterocycles. The number of aromatic nitrogens is 2. The van der Waals surface area contributed by atoms with Gasteiger partial charge in [-0.25, -0.2) is 9.37 Å². The van der Waals surface area contributed by atoms with E-state index in [1.807, 2.05) is 20.9 Å². The molecule has 1 fully saturated rings. The zero-order chi connectivity index (χ0) is 17.4. The molecule has 3 aromatic rings. The minimum atomic E-state index is -0.258. The van der Waals surface area contributed by atoms with Gasteiger partial charge in [-0.2, -0.15) is 0 Å². The van der Waals surface area contributed by atoms with Crippen LogP contribution in [0.15, 0.2) is 35.8 Å². The number of amides is 1. The first-order valence-electron chi connectivity index (χ1n) is 8.63. The van der Waals surface area contributed by atoms with Crippen molar-refractivity contribution in [2.24, 2.45) is 0 Å². The third-order valence-corrected chi connectivity index (χ3v) is 5.77. The van der Waals surface area contributed by atoms with E-state index in [0.29, 0.717) is 12.5 Å². The first-order valence-corrected chi connectivity index (χ1v) is 9.50. The molecule has 0 radical (unpaired) electrons. The van der Waals surface area contributed by atoms with E-state index in [0.717, 1.165) is 41.3 Å². The molecule has 0 spiro atoms. The fourth-order valence-corrected chi connectivity index (χ4v) is 4.31. The quantitative estimate of drug-likeness (QED) is 0.706. The molecule has 4 rings (SSSR count). The number of carbonyl (C=O) groups excluding carboxylic acids is 1. The summed E-state index contributed by atoms with van der Waals surface area (Å²) in [5.74, 6) is -0.0735. The Kier molecular flexibility index (Phi) is 4.29. The van der Waals surface area contributed by atoms with Gasteiger partial charge in [-0.1, -0.05) is 0 Å². The number of carbonyl (C=O) groups is 1. The summed E-state index contributed by atoms with van der Waals surface area (Å²) in [7, 11) is 0. The van der Waals surface area contributed by atoms with Gasteiger partial charge in [-0.3, -0.25) is 9.20 Å². The topological polar surface area (TPSA) is 37.6 Å². The molecular weight excluding hydrogens is 337 g/mol. The van der Waals surface area contributed by atoms with E-state index in [2.05, 4.69) is 11.9 Å². The summed E-state index contributed by atoms with van der Waals surface area (Å²) in [5, 5.41) is 2.00. The molecule has 6 heteroatoms. The molecule has 1 atom stereocenters. The lowest BCUT2D eigenvalue weighted by molar-refractivity contribution is -0.133. The van der Waals surface area contributed by atoms with Crippen molar-refractivity contribution in [3.8, 4) is 11.3 Å². The van der Waals surface area contributed by atoms with Crippen LogP contribution in [0.2, 0.25) is 0 Å². The van der Waals surface area contributed by atoms with Gasteiger partial charge >= 0.3 is 0 Å². The van der Waals surface area contributed by atoms with Crippen molar-refractivity contribution >= 4 is 22.2 Å². The van der Waals surface area contributed by atoms with Crippen molar-refractivity contribution in [2.45, 2.75) is 38.6 Å². The molecule has 0 bridgehead atoms. The predicted molar refractivity (Wildman–Crippen MR) is 97.2 cm³/mol. The monoisotopic (exact) mass is 357 g/mol. The van der Waals surface area contributed by atoms with E-state index < -0.39 is 0 Å². The van der Waals surface area contributed by atoms with Crippen LogP contribution in [0.25, 0.3) is 16.2 Å². The number of nitrogens with zero attached hydrogens (tertiary/aromatic N) is 3. The number of benzene rings is 1. The van der Waals surface area contributed by atoms with Crippen LogP contribution >= 0.6 is 11.3 Å². The molecule has 25 heavy (non-hydrogen) atoms. The molecule has 0 N–H and O–H groups in total. The Morgan fingerprint density at radius 2 is 2.12 bits per heavy atom. The van der Waals surface area contributed by atoms with E-state index in [1.165, 1.54) is 29.9 Å². The van der Waals surface area contributed by atoms with Crippen molar-refractivity contribution in [3.05, 3.63) is 47.4 Å². The molecule has 1 saturated heterocycles. The number of likely N-dealkylation sites (tertiary alicyclic amines) is 1. The van der Waals surface area contributed by atoms with Crippen LogP contribution in [0.3, 0.4) is 0 Å². The van der Waals surface area contributed by atoms with Gasteiger partial charge in [-0.15, -0.1) is 11.3 Å². The van der Waals surface area contributed by atoms with Gasteiger partial charge in [0.2, 0.25) is 5.91 Å². The summed E-state index contributed by atoms with van der Waals surface area (Å²) in [6.07, 6.45) is 5.71. The van der Waals surface area contributed by atoms with Crippen LogP contribution in [0.1, 0.15) is 31.9 Å². The zero-order valence-electron chi connectivity index (χ0n) is 14.1. The summed E-state index contributed by atoms with van der Waals surface area (Å²) in [4.78, 5) is 20.2. The van der Waals surface area contributed by atoms with E-state index >= 15 is 0 Å². The fourth-order valence-electron chi connectivity index (χ4n) is 3.44. The van der Waals surface area contributed by atoms with E-state index in [-0.39, 0.29) is 11.7 Å². The molecular formula is C19H20FN3OS. The molecule has 1 aliphatic rings. The van der Waals surface area contributed by atoms with Gasteiger partial charge in [-0.05, 0) is 50.5 Å².